The third kappa shape index (κ3) is 2.49. The van der Waals surface area contributed by atoms with Crippen molar-refractivity contribution >= 4 is 5.69 Å². The Morgan fingerprint density at radius 1 is 0.941 bits per heavy atom. The fraction of sp³-hybridized carbons (Fsp3) is 0.400. The number of anilines is 1. The highest BCUT2D eigenvalue weighted by Crippen LogP contribution is 2.29. The molecule has 0 fully saturated rings. The highest BCUT2D eigenvalue weighted by atomic mass is 19.2. The number of hydrogen-bond donors (Lipinski definition) is 1. The van der Waals surface area contributed by atoms with Crippen LogP contribution in [0.5, 0.6) is 0 Å². The molecular formula is C10H10F5NO. The molecule has 1 atom stereocenters. The summed E-state index contributed by atoms with van der Waals surface area (Å²) >= 11 is 0. The van der Waals surface area contributed by atoms with Gasteiger partial charge in [0.1, 0.15) is 5.69 Å². The molecule has 0 saturated heterocycles. The minimum absolute atomic E-state index is 0.266. The van der Waals surface area contributed by atoms with Crippen LogP contribution < -0.4 is 4.90 Å². The molecule has 1 rings (SSSR count). The third-order valence-corrected chi connectivity index (χ3v) is 2.11. The SMILES string of the molecule is CC(O)CN(C)c1c(F)c(F)c(F)c(F)c1F. The third-order valence-electron chi connectivity index (χ3n) is 2.11. The molecule has 96 valence electrons. The van der Waals surface area contributed by atoms with E-state index in [4.69, 9.17) is 5.11 Å². The van der Waals surface area contributed by atoms with E-state index in [0.717, 1.165) is 11.9 Å². The van der Waals surface area contributed by atoms with Gasteiger partial charge in [-0.2, -0.15) is 0 Å². The molecule has 0 heterocycles. The Bertz CT molecular complexity index is 406. The summed E-state index contributed by atoms with van der Waals surface area (Å²) < 4.78 is 64.9. The molecule has 2 nitrogen and oxygen atoms in total. The van der Waals surface area contributed by atoms with Gasteiger partial charge in [-0.1, -0.05) is 0 Å². The maximum absolute atomic E-state index is 13.3. The predicted octanol–water partition coefficient (Wildman–Crippen LogP) is 2.20. The zero-order chi connectivity index (χ0) is 13.3. The van der Waals surface area contributed by atoms with E-state index in [1.165, 1.54) is 6.92 Å². The van der Waals surface area contributed by atoms with Crippen molar-refractivity contribution < 1.29 is 27.1 Å². The Balaban J connectivity index is 3.33. The summed E-state index contributed by atoms with van der Waals surface area (Å²) in [5.41, 5.74) is -1.05. The van der Waals surface area contributed by atoms with Gasteiger partial charge in [0.15, 0.2) is 23.3 Å². The van der Waals surface area contributed by atoms with Crippen LogP contribution in [0.15, 0.2) is 0 Å². The van der Waals surface area contributed by atoms with Crippen LogP contribution in [0.25, 0.3) is 0 Å². The summed E-state index contributed by atoms with van der Waals surface area (Å²) in [6.07, 6.45) is -0.977. The van der Waals surface area contributed by atoms with Gasteiger partial charge in [0.25, 0.3) is 0 Å². The van der Waals surface area contributed by atoms with E-state index in [1.54, 1.807) is 0 Å². The summed E-state index contributed by atoms with van der Waals surface area (Å²) in [6, 6.07) is 0. The van der Waals surface area contributed by atoms with Crippen molar-refractivity contribution in [2.24, 2.45) is 0 Å². The van der Waals surface area contributed by atoms with Crippen molar-refractivity contribution in [2.75, 3.05) is 18.5 Å². The van der Waals surface area contributed by atoms with E-state index < -0.39 is 40.9 Å². The van der Waals surface area contributed by atoms with Gasteiger partial charge in [-0.05, 0) is 6.92 Å². The maximum atomic E-state index is 13.3. The molecule has 0 aliphatic heterocycles. The minimum atomic E-state index is -2.20. The fourth-order valence-electron chi connectivity index (χ4n) is 1.42. The lowest BCUT2D eigenvalue weighted by Gasteiger charge is -2.22. The molecule has 1 aromatic rings. The molecule has 0 radical (unpaired) electrons. The quantitative estimate of drug-likeness (QED) is 0.508. The summed E-state index contributed by atoms with van der Waals surface area (Å²) in [6.45, 7) is 1.06. The van der Waals surface area contributed by atoms with Crippen LogP contribution in [-0.2, 0) is 0 Å². The second-order valence-electron chi connectivity index (χ2n) is 3.65. The number of nitrogens with zero attached hydrogens (tertiary/aromatic N) is 1. The Morgan fingerprint density at radius 3 is 1.65 bits per heavy atom. The standard InChI is InChI=1S/C10H10F5NO/c1-4(17)3-16(2)10-8(14)6(12)5(11)7(13)9(10)15/h4,17H,3H2,1-2H3. The van der Waals surface area contributed by atoms with Crippen molar-refractivity contribution in [1.82, 2.24) is 0 Å². The number of aliphatic hydroxyl groups is 1. The maximum Gasteiger partial charge on any atom is 0.200 e. The fourth-order valence-corrected chi connectivity index (χ4v) is 1.42. The lowest BCUT2D eigenvalue weighted by atomic mass is 10.2. The van der Waals surface area contributed by atoms with Crippen LogP contribution >= 0.6 is 0 Å². The smallest absolute Gasteiger partial charge is 0.200 e. The Labute approximate surface area is 94.3 Å². The molecule has 17 heavy (non-hydrogen) atoms. The number of aliphatic hydroxyl groups excluding tert-OH is 1. The number of rotatable bonds is 3. The monoisotopic (exact) mass is 255 g/mol. The molecule has 0 bridgehead atoms. The average molecular weight is 255 g/mol. The van der Waals surface area contributed by atoms with Crippen LogP contribution in [0, 0.1) is 29.1 Å². The first-order valence-electron chi connectivity index (χ1n) is 4.68. The second kappa shape index (κ2) is 4.87. The van der Waals surface area contributed by atoms with Crippen molar-refractivity contribution in [1.29, 1.82) is 0 Å². The first-order chi connectivity index (χ1) is 7.77. The zero-order valence-electron chi connectivity index (χ0n) is 9.07. The molecule has 1 N–H and O–H groups in total. The van der Waals surface area contributed by atoms with Gasteiger partial charge in [-0.3, -0.25) is 0 Å². The number of likely N-dealkylation sites (N-methyl/N-ethyl adjacent to an activating group) is 1. The van der Waals surface area contributed by atoms with Crippen LogP contribution in [0.3, 0.4) is 0 Å². The van der Waals surface area contributed by atoms with Crippen LogP contribution in [0.2, 0.25) is 0 Å². The van der Waals surface area contributed by atoms with Crippen molar-refractivity contribution in [2.45, 2.75) is 13.0 Å². The normalized spacial score (nSPS) is 12.7. The summed E-state index contributed by atoms with van der Waals surface area (Å²) in [5.74, 6) is -10.0. The first-order valence-corrected chi connectivity index (χ1v) is 4.68. The number of halogens is 5. The topological polar surface area (TPSA) is 23.5 Å². The first kappa shape index (κ1) is 13.7. The van der Waals surface area contributed by atoms with Gasteiger partial charge in [-0.25, -0.2) is 22.0 Å². The van der Waals surface area contributed by atoms with E-state index in [2.05, 4.69) is 0 Å². The van der Waals surface area contributed by atoms with Gasteiger partial charge in [0, 0.05) is 13.6 Å². The van der Waals surface area contributed by atoms with Gasteiger partial charge in [0.2, 0.25) is 5.82 Å². The van der Waals surface area contributed by atoms with Crippen molar-refractivity contribution in [3.05, 3.63) is 29.1 Å². The van der Waals surface area contributed by atoms with Gasteiger partial charge >= 0.3 is 0 Å². The Kier molecular flexibility index (Phi) is 3.92. The molecule has 0 aliphatic rings. The lowest BCUT2D eigenvalue weighted by Crippen LogP contribution is -2.29. The predicted molar refractivity (Wildman–Crippen MR) is 51.2 cm³/mol. The highest BCUT2D eigenvalue weighted by Gasteiger charge is 2.27. The number of benzene rings is 1. The molecule has 1 unspecified atom stereocenters. The molecule has 7 heteroatoms. The minimum Gasteiger partial charge on any atom is -0.392 e. The summed E-state index contributed by atoms with van der Waals surface area (Å²) in [4.78, 5) is 0.765. The van der Waals surface area contributed by atoms with E-state index in [1.807, 2.05) is 0 Å². The van der Waals surface area contributed by atoms with Gasteiger partial charge in [0.05, 0.1) is 6.10 Å². The molecule has 0 aromatic heterocycles. The van der Waals surface area contributed by atoms with Crippen molar-refractivity contribution in [3.63, 3.8) is 0 Å². The van der Waals surface area contributed by atoms with Crippen LogP contribution in [0.1, 0.15) is 6.92 Å². The van der Waals surface area contributed by atoms with Gasteiger partial charge in [-0.15, -0.1) is 0 Å². The number of hydrogen-bond acceptors (Lipinski definition) is 2. The van der Waals surface area contributed by atoms with Crippen LogP contribution in [0.4, 0.5) is 27.6 Å². The van der Waals surface area contributed by atoms with Crippen LogP contribution in [-0.4, -0.2) is 24.8 Å². The molecule has 0 saturated carbocycles. The van der Waals surface area contributed by atoms with E-state index in [0.29, 0.717) is 0 Å². The van der Waals surface area contributed by atoms with Crippen molar-refractivity contribution in [3.8, 4) is 0 Å². The molecular weight excluding hydrogens is 245 g/mol. The Morgan fingerprint density at radius 2 is 1.29 bits per heavy atom. The molecule has 0 amide bonds. The van der Waals surface area contributed by atoms with E-state index >= 15 is 0 Å². The largest absolute Gasteiger partial charge is 0.392 e. The zero-order valence-corrected chi connectivity index (χ0v) is 9.07. The summed E-state index contributed by atoms with van der Waals surface area (Å²) in [5, 5.41) is 9.01. The highest BCUT2D eigenvalue weighted by molar-refractivity contribution is 5.49. The van der Waals surface area contributed by atoms with E-state index in [9.17, 15) is 22.0 Å². The molecule has 0 aliphatic carbocycles. The lowest BCUT2D eigenvalue weighted by molar-refractivity contribution is 0.201. The molecule has 0 spiro atoms. The van der Waals surface area contributed by atoms with E-state index in [-0.39, 0.29) is 6.54 Å². The van der Waals surface area contributed by atoms with Gasteiger partial charge < -0.3 is 10.0 Å². The Hall–Kier alpha value is -1.37. The molecule has 1 aromatic carbocycles. The summed E-state index contributed by atoms with van der Waals surface area (Å²) in [7, 11) is 1.12. The average Bonchev–Trinajstić information content (AvgIpc) is 2.23. The second-order valence-corrected chi connectivity index (χ2v) is 3.65.